The van der Waals surface area contributed by atoms with Crippen LogP contribution in [0.3, 0.4) is 0 Å². The number of likely N-dealkylation sites (N-methyl/N-ethyl adjacent to an activating group) is 1. The van der Waals surface area contributed by atoms with Crippen LogP contribution in [0.15, 0.2) is 48.5 Å². The Bertz CT molecular complexity index is 947. The maximum Gasteiger partial charge on any atom is 0.237 e. The molecule has 0 bridgehead atoms. The van der Waals surface area contributed by atoms with Crippen LogP contribution < -0.4 is 15.4 Å². The van der Waals surface area contributed by atoms with Crippen molar-refractivity contribution in [3.63, 3.8) is 0 Å². The van der Waals surface area contributed by atoms with Crippen LogP contribution >= 0.6 is 0 Å². The second kappa shape index (κ2) is 6.84. The van der Waals surface area contributed by atoms with Gasteiger partial charge in [-0.15, -0.1) is 0 Å². The van der Waals surface area contributed by atoms with E-state index < -0.39 is 0 Å². The molecule has 134 valence electrons. The Balaban J connectivity index is 1.86. The molecule has 0 aliphatic carbocycles. The number of H-pyrrole nitrogens is 1. The van der Waals surface area contributed by atoms with Gasteiger partial charge < -0.3 is 15.0 Å². The highest BCUT2D eigenvalue weighted by Gasteiger charge is 2.34. The van der Waals surface area contributed by atoms with Crippen LogP contribution in [0, 0.1) is 0 Å². The first-order valence-corrected chi connectivity index (χ1v) is 8.99. The number of fused-ring (bicyclic) bond motifs is 3. The molecular weight excluding hydrogens is 326 g/mol. The van der Waals surface area contributed by atoms with Crippen molar-refractivity contribution in [2.75, 3.05) is 13.7 Å². The minimum Gasteiger partial charge on any atom is -0.496 e. The van der Waals surface area contributed by atoms with E-state index in [1.54, 1.807) is 7.11 Å². The van der Waals surface area contributed by atoms with Gasteiger partial charge in [-0.1, -0.05) is 36.4 Å². The summed E-state index contributed by atoms with van der Waals surface area (Å²) in [6.45, 7) is 2.56. The van der Waals surface area contributed by atoms with Crippen LogP contribution in [0.4, 0.5) is 0 Å². The fourth-order valence-corrected chi connectivity index (χ4v) is 3.85. The van der Waals surface area contributed by atoms with Crippen LogP contribution in [0.5, 0.6) is 5.75 Å². The highest BCUT2D eigenvalue weighted by atomic mass is 16.5. The predicted molar refractivity (Wildman–Crippen MR) is 102 cm³/mol. The highest BCUT2D eigenvalue weighted by Crippen LogP contribution is 2.38. The van der Waals surface area contributed by atoms with Gasteiger partial charge in [0.1, 0.15) is 5.75 Å². The number of nitrogens with one attached hydrogen (secondary N) is 3. The van der Waals surface area contributed by atoms with E-state index >= 15 is 0 Å². The standard InChI is InChI=1S/C21H23N3O2/c1-3-22-21(25)17-12-15-13-8-4-6-10-16(13)23-20(15)19(24-17)14-9-5-7-11-18(14)26-2/h4-11,17,19,23-24H,3,12H2,1-2H3,(H,22,25)/t17-,19?/m0/s1. The van der Waals surface area contributed by atoms with Crippen molar-refractivity contribution >= 4 is 16.8 Å². The van der Waals surface area contributed by atoms with E-state index in [9.17, 15) is 4.79 Å². The van der Waals surface area contributed by atoms with Crippen molar-refractivity contribution < 1.29 is 9.53 Å². The Morgan fingerprint density at radius 3 is 2.77 bits per heavy atom. The molecule has 1 aliphatic heterocycles. The van der Waals surface area contributed by atoms with Crippen molar-refractivity contribution in [3.8, 4) is 5.75 Å². The smallest absolute Gasteiger partial charge is 0.237 e. The van der Waals surface area contributed by atoms with E-state index in [-0.39, 0.29) is 18.0 Å². The number of benzene rings is 2. The normalized spacial score (nSPS) is 19.2. The zero-order valence-electron chi connectivity index (χ0n) is 15.0. The number of carbonyl (C=O) groups excluding carboxylic acids is 1. The number of aromatic amines is 1. The van der Waals surface area contributed by atoms with Gasteiger partial charge in [0.2, 0.25) is 5.91 Å². The SMILES string of the molecule is CCNC(=O)[C@@H]1Cc2c([nH]c3ccccc23)C(c2ccccc2OC)N1. The second-order valence-corrected chi connectivity index (χ2v) is 6.56. The number of ether oxygens (including phenoxy) is 1. The first-order valence-electron chi connectivity index (χ1n) is 8.99. The molecule has 2 heterocycles. The fourth-order valence-electron chi connectivity index (χ4n) is 3.85. The van der Waals surface area contributed by atoms with Gasteiger partial charge in [0.15, 0.2) is 0 Å². The summed E-state index contributed by atoms with van der Waals surface area (Å²) in [6, 6.07) is 15.8. The molecule has 4 rings (SSSR count). The van der Waals surface area contributed by atoms with Crippen molar-refractivity contribution in [2.24, 2.45) is 0 Å². The zero-order valence-corrected chi connectivity index (χ0v) is 15.0. The molecule has 0 saturated heterocycles. The van der Waals surface area contributed by atoms with Gasteiger partial charge in [-0.25, -0.2) is 0 Å². The number of amides is 1. The van der Waals surface area contributed by atoms with Crippen LogP contribution in [0.1, 0.15) is 29.8 Å². The lowest BCUT2D eigenvalue weighted by atomic mass is 9.89. The first-order chi connectivity index (χ1) is 12.7. The van der Waals surface area contributed by atoms with Crippen LogP contribution in [-0.4, -0.2) is 30.6 Å². The zero-order chi connectivity index (χ0) is 18.1. The van der Waals surface area contributed by atoms with Crippen LogP contribution in [-0.2, 0) is 11.2 Å². The largest absolute Gasteiger partial charge is 0.496 e. The Labute approximate surface area is 152 Å². The summed E-state index contributed by atoms with van der Waals surface area (Å²) >= 11 is 0. The maximum absolute atomic E-state index is 12.6. The Kier molecular flexibility index (Phi) is 4.39. The number of hydrogen-bond acceptors (Lipinski definition) is 3. The third kappa shape index (κ3) is 2.74. The molecule has 0 saturated carbocycles. The number of rotatable bonds is 4. The number of aromatic nitrogens is 1. The number of methoxy groups -OCH3 is 1. The molecule has 1 aromatic heterocycles. The Hall–Kier alpha value is -2.79. The van der Waals surface area contributed by atoms with E-state index in [0.29, 0.717) is 13.0 Å². The minimum atomic E-state index is -0.281. The van der Waals surface area contributed by atoms with E-state index in [1.807, 2.05) is 43.3 Å². The van der Waals surface area contributed by atoms with E-state index in [1.165, 1.54) is 10.9 Å². The summed E-state index contributed by atoms with van der Waals surface area (Å²) in [5.41, 5.74) is 4.43. The van der Waals surface area contributed by atoms with Crippen molar-refractivity contribution in [1.82, 2.24) is 15.6 Å². The van der Waals surface area contributed by atoms with Crippen LogP contribution in [0.2, 0.25) is 0 Å². The van der Waals surface area contributed by atoms with Crippen molar-refractivity contribution in [1.29, 1.82) is 0 Å². The molecule has 5 nitrogen and oxygen atoms in total. The summed E-state index contributed by atoms with van der Waals surface area (Å²) in [4.78, 5) is 16.1. The van der Waals surface area contributed by atoms with Crippen molar-refractivity contribution in [3.05, 3.63) is 65.4 Å². The molecular formula is C21H23N3O2. The Morgan fingerprint density at radius 1 is 1.19 bits per heavy atom. The van der Waals surface area contributed by atoms with E-state index in [2.05, 4.69) is 27.8 Å². The number of carbonyl (C=O) groups is 1. The van der Waals surface area contributed by atoms with E-state index in [0.717, 1.165) is 22.5 Å². The molecule has 3 aromatic rings. The molecule has 26 heavy (non-hydrogen) atoms. The molecule has 2 aromatic carbocycles. The lowest BCUT2D eigenvalue weighted by Gasteiger charge is -2.31. The number of hydrogen-bond donors (Lipinski definition) is 3. The van der Waals surface area contributed by atoms with Crippen LogP contribution in [0.25, 0.3) is 10.9 Å². The lowest BCUT2D eigenvalue weighted by molar-refractivity contribution is -0.123. The lowest BCUT2D eigenvalue weighted by Crippen LogP contribution is -2.49. The average molecular weight is 349 g/mol. The maximum atomic E-state index is 12.6. The third-order valence-corrected chi connectivity index (χ3v) is 5.03. The van der Waals surface area contributed by atoms with Gasteiger partial charge in [-0.3, -0.25) is 10.1 Å². The van der Waals surface area contributed by atoms with Gasteiger partial charge in [-0.2, -0.15) is 0 Å². The van der Waals surface area contributed by atoms with E-state index in [4.69, 9.17) is 4.74 Å². The van der Waals surface area contributed by atoms with Crippen molar-refractivity contribution in [2.45, 2.75) is 25.4 Å². The highest BCUT2D eigenvalue weighted by molar-refractivity contribution is 5.88. The minimum absolute atomic E-state index is 0.0309. The summed E-state index contributed by atoms with van der Waals surface area (Å²) in [6.07, 6.45) is 0.664. The molecule has 1 aliphatic rings. The summed E-state index contributed by atoms with van der Waals surface area (Å²) in [7, 11) is 1.68. The first kappa shape index (κ1) is 16.7. The molecule has 0 radical (unpaired) electrons. The predicted octanol–water partition coefficient (Wildman–Crippen LogP) is 2.92. The monoisotopic (exact) mass is 349 g/mol. The molecule has 3 N–H and O–H groups in total. The summed E-state index contributed by atoms with van der Waals surface area (Å²) < 4.78 is 5.58. The topological polar surface area (TPSA) is 66.2 Å². The summed E-state index contributed by atoms with van der Waals surface area (Å²) in [5.74, 6) is 0.842. The second-order valence-electron chi connectivity index (χ2n) is 6.56. The van der Waals surface area contributed by atoms with Gasteiger partial charge in [0.05, 0.1) is 19.2 Å². The third-order valence-electron chi connectivity index (χ3n) is 5.03. The fraction of sp³-hybridized carbons (Fsp3) is 0.286. The molecule has 5 heteroatoms. The van der Waals surface area contributed by atoms with Gasteiger partial charge in [-0.05, 0) is 31.0 Å². The number of para-hydroxylation sites is 2. The molecule has 0 spiro atoms. The van der Waals surface area contributed by atoms with Gasteiger partial charge in [0.25, 0.3) is 0 Å². The summed E-state index contributed by atoms with van der Waals surface area (Å²) in [5, 5.41) is 7.65. The average Bonchev–Trinajstić information content (AvgIpc) is 3.06. The quantitative estimate of drug-likeness (QED) is 0.678. The molecule has 2 atom stereocenters. The molecule has 1 amide bonds. The molecule has 1 unspecified atom stereocenters. The molecule has 0 fully saturated rings. The van der Waals surface area contributed by atoms with Gasteiger partial charge in [0, 0.05) is 28.7 Å². The Morgan fingerprint density at radius 2 is 1.96 bits per heavy atom. The van der Waals surface area contributed by atoms with Gasteiger partial charge >= 0.3 is 0 Å².